The Labute approximate surface area is 96.1 Å². The first-order valence-electron chi connectivity index (χ1n) is 5.40. The van der Waals surface area contributed by atoms with Crippen LogP contribution in [-0.4, -0.2) is 31.4 Å². The number of hydrogen-bond acceptors (Lipinski definition) is 5. The fraction of sp³-hybridized carbons (Fsp3) is 0.818. The lowest BCUT2D eigenvalue weighted by Gasteiger charge is -2.17. The smallest absolute Gasteiger partial charge is 0.461 e. The van der Waals surface area contributed by atoms with Crippen LogP contribution in [0, 0.1) is 5.41 Å². The van der Waals surface area contributed by atoms with Crippen molar-refractivity contribution in [1.82, 2.24) is 0 Å². The second-order valence-corrected chi connectivity index (χ2v) is 4.15. The molecular formula is C11H20O5. The van der Waals surface area contributed by atoms with Crippen molar-refractivity contribution in [1.29, 1.82) is 0 Å². The predicted octanol–water partition coefficient (Wildman–Crippen LogP) is 2.14. The van der Waals surface area contributed by atoms with Gasteiger partial charge in [0.15, 0.2) is 6.10 Å². The number of esters is 1. The summed E-state index contributed by atoms with van der Waals surface area (Å²) in [5, 5.41) is 0. The van der Waals surface area contributed by atoms with Gasteiger partial charge in [0.2, 0.25) is 0 Å². The van der Waals surface area contributed by atoms with Crippen molar-refractivity contribution in [3.8, 4) is 0 Å². The second-order valence-electron chi connectivity index (χ2n) is 4.15. The molecule has 1 aliphatic rings. The van der Waals surface area contributed by atoms with Crippen LogP contribution in [0.25, 0.3) is 0 Å². The standard InChI is InChI=1S/C9H14O5.C2H6/c1-9(2,3)7(10)12-4-6-5-13-8(11)14-6;1-2/h6H,4-5H2,1-3H3;1-2H3. The van der Waals surface area contributed by atoms with E-state index in [1.165, 1.54) is 0 Å². The molecule has 0 bridgehead atoms. The van der Waals surface area contributed by atoms with E-state index in [2.05, 4.69) is 9.47 Å². The summed E-state index contributed by atoms with van der Waals surface area (Å²) in [6.45, 7) is 9.48. The zero-order chi connectivity index (χ0) is 12.8. The Morgan fingerprint density at radius 1 is 1.44 bits per heavy atom. The summed E-state index contributed by atoms with van der Waals surface area (Å²) in [7, 11) is 0. The third-order valence-electron chi connectivity index (χ3n) is 1.66. The summed E-state index contributed by atoms with van der Waals surface area (Å²) in [4.78, 5) is 21.8. The minimum absolute atomic E-state index is 0.0574. The highest BCUT2D eigenvalue weighted by molar-refractivity contribution is 5.75. The van der Waals surface area contributed by atoms with E-state index in [4.69, 9.17) is 4.74 Å². The molecule has 1 saturated heterocycles. The number of cyclic esters (lactones) is 2. The molecule has 0 aromatic rings. The summed E-state index contributed by atoms with van der Waals surface area (Å²) in [6, 6.07) is 0. The zero-order valence-corrected chi connectivity index (χ0v) is 10.5. The predicted molar refractivity (Wildman–Crippen MR) is 58.0 cm³/mol. The van der Waals surface area contributed by atoms with Crippen LogP contribution in [0.2, 0.25) is 0 Å². The molecule has 0 spiro atoms. The Hall–Kier alpha value is -1.26. The van der Waals surface area contributed by atoms with Crippen LogP contribution in [0.15, 0.2) is 0 Å². The van der Waals surface area contributed by atoms with Gasteiger partial charge in [0.25, 0.3) is 0 Å². The van der Waals surface area contributed by atoms with Crippen LogP contribution >= 0.6 is 0 Å². The molecule has 94 valence electrons. The number of ether oxygens (including phenoxy) is 3. The van der Waals surface area contributed by atoms with Gasteiger partial charge < -0.3 is 14.2 Å². The number of carbonyl (C=O) groups excluding carboxylic acids is 2. The Balaban J connectivity index is 0.00000106. The molecule has 1 unspecified atom stereocenters. The molecule has 0 N–H and O–H groups in total. The highest BCUT2D eigenvalue weighted by atomic mass is 16.8. The van der Waals surface area contributed by atoms with Crippen molar-refractivity contribution in [2.45, 2.75) is 40.7 Å². The van der Waals surface area contributed by atoms with Crippen molar-refractivity contribution in [3.05, 3.63) is 0 Å². The van der Waals surface area contributed by atoms with Gasteiger partial charge in [-0.15, -0.1) is 0 Å². The van der Waals surface area contributed by atoms with E-state index < -0.39 is 17.7 Å². The molecular weight excluding hydrogens is 212 g/mol. The number of hydrogen-bond donors (Lipinski definition) is 0. The van der Waals surface area contributed by atoms with Gasteiger partial charge in [-0.3, -0.25) is 4.79 Å². The third-order valence-corrected chi connectivity index (χ3v) is 1.66. The maximum atomic E-state index is 11.3. The minimum atomic E-state index is -0.707. The molecule has 0 radical (unpaired) electrons. The van der Waals surface area contributed by atoms with E-state index in [-0.39, 0.29) is 19.2 Å². The normalized spacial score (nSPS) is 19.1. The first kappa shape index (κ1) is 14.7. The molecule has 5 heteroatoms. The Morgan fingerprint density at radius 3 is 2.38 bits per heavy atom. The number of carbonyl (C=O) groups is 2. The van der Waals surface area contributed by atoms with Crippen LogP contribution in [-0.2, 0) is 19.0 Å². The summed E-state index contributed by atoms with van der Waals surface area (Å²) >= 11 is 0. The average molecular weight is 232 g/mol. The van der Waals surface area contributed by atoms with Gasteiger partial charge in [-0.1, -0.05) is 13.8 Å². The molecule has 0 amide bonds. The van der Waals surface area contributed by atoms with Crippen molar-refractivity contribution >= 4 is 12.1 Å². The minimum Gasteiger partial charge on any atom is -0.461 e. The van der Waals surface area contributed by atoms with Gasteiger partial charge in [0.1, 0.15) is 13.2 Å². The lowest BCUT2D eigenvalue weighted by molar-refractivity contribution is -0.155. The van der Waals surface area contributed by atoms with Crippen LogP contribution in [0.5, 0.6) is 0 Å². The van der Waals surface area contributed by atoms with Crippen molar-refractivity contribution in [3.63, 3.8) is 0 Å². The monoisotopic (exact) mass is 232 g/mol. The SMILES string of the molecule is CC.CC(C)(C)C(=O)OCC1COC(=O)O1. The van der Waals surface area contributed by atoms with Crippen molar-refractivity contribution in [2.75, 3.05) is 13.2 Å². The van der Waals surface area contributed by atoms with Gasteiger partial charge in [-0.2, -0.15) is 0 Å². The van der Waals surface area contributed by atoms with Gasteiger partial charge in [0.05, 0.1) is 5.41 Å². The molecule has 1 aliphatic heterocycles. The second kappa shape index (κ2) is 6.35. The van der Waals surface area contributed by atoms with E-state index >= 15 is 0 Å². The Morgan fingerprint density at radius 2 is 2.00 bits per heavy atom. The summed E-state index contributed by atoms with van der Waals surface area (Å²) < 4.78 is 14.2. The average Bonchev–Trinajstić information content (AvgIpc) is 2.62. The van der Waals surface area contributed by atoms with Crippen molar-refractivity contribution < 1.29 is 23.8 Å². The van der Waals surface area contributed by atoms with E-state index in [1.54, 1.807) is 20.8 Å². The number of rotatable bonds is 2. The molecule has 1 fully saturated rings. The first-order valence-corrected chi connectivity index (χ1v) is 5.40. The largest absolute Gasteiger partial charge is 0.508 e. The van der Waals surface area contributed by atoms with Gasteiger partial charge in [-0.05, 0) is 20.8 Å². The fourth-order valence-electron chi connectivity index (χ4n) is 0.832. The summed E-state index contributed by atoms with van der Waals surface area (Å²) in [5.41, 5.74) is -0.538. The first-order chi connectivity index (χ1) is 7.39. The van der Waals surface area contributed by atoms with E-state index in [0.717, 1.165) is 0 Å². The molecule has 0 aromatic carbocycles. The Bertz CT molecular complexity index is 241. The third kappa shape index (κ3) is 5.00. The zero-order valence-electron chi connectivity index (χ0n) is 10.5. The van der Waals surface area contributed by atoms with Crippen LogP contribution < -0.4 is 0 Å². The highest BCUT2D eigenvalue weighted by Crippen LogP contribution is 2.16. The molecule has 5 nitrogen and oxygen atoms in total. The lowest BCUT2D eigenvalue weighted by atomic mass is 9.97. The summed E-state index contributed by atoms with van der Waals surface area (Å²) in [5.74, 6) is -0.319. The fourth-order valence-corrected chi connectivity index (χ4v) is 0.832. The van der Waals surface area contributed by atoms with E-state index in [0.29, 0.717) is 0 Å². The molecule has 1 rings (SSSR count). The van der Waals surface area contributed by atoms with E-state index in [9.17, 15) is 9.59 Å². The van der Waals surface area contributed by atoms with Gasteiger partial charge in [-0.25, -0.2) is 4.79 Å². The van der Waals surface area contributed by atoms with Crippen molar-refractivity contribution in [2.24, 2.45) is 5.41 Å². The van der Waals surface area contributed by atoms with Crippen LogP contribution in [0.3, 0.4) is 0 Å². The Kier molecular flexibility index (Phi) is 5.85. The molecule has 1 atom stereocenters. The van der Waals surface area contributed by atoms with E-state index in [1.807, 2.05) is 13.8 Å². The topological polar surface area (TPSA) is 61.8 Å². The summed E-state index contributed by atoms with van der Waals surface area (Å²) in [6.07, 6.45) is -1.17. The van der Waals surface area contributed by atoms with Crippen LogP contribution in [0.1, 0.15) is 34.6 Å². The quantitative estimate of drug-likeness (QED) is 0.682. The lowest BCUT2D eigenvalue weighted by Crippen LogP contribution is -2.28. The molecule has 0 aromatic heterocycles. The van der Waals surface area contributed by atoms with Crippen LogP contribution in [0.4, 0.5) is 4.79 Å². The van der Waals surface area contributed by atoms with Gasteiger partial charge >= 0.3 is 12.1 Å². The molecule has 16 heavy (non-hydrogen) atoms. The highest BCUT2D eigenvalue weighted by Gasteiger charge is 2.29. The van der Waals surface area contributed by atoms with Gasteiger partial charge in [0, 0.05) is 0 Å². The molecule has 0 saturated carbocycles. The maximum absolute atomic E-state index is 11.3. The molecule has 0 aliphatic carbocycles. The molecule has 1 heterocycles. The maximum Gasteiger partial charge on any atom is 0.508 e.